The molecule has 9 nitrogen and oxygen atoms in total. The number of amidine groups is 1. The predicted octanol–water partition coefficient (Wildman–Crippen LogP) is -8.01. The monoisotopic (exact) mass is 338 g/mol. The Morgan fingerprint density at radius 1 is 1.38 bits per heavy atom. The van der Waals surface area contributed by atoms with Crippen molar-refractivity contribution in [3.63, 3.8) is 0 Å². The van der Waals surface area contributed by atoms with Gasteiger partial charge in [-0.1, -0.05) is 14.5 Å². The summed E-state index contributed by atoms with van der Waals surface area (Å²) < 4.78 is 10.5. The van der Waals surface area contributed by atoms with Gasteiger partial charge in [-0.15, -0.1) is 0 Å². The molecule has 0 aromatic heterocycles. The molecule has 0 aromatic rings. The maximum Gasteiger partial charge on any atom is 1.00 e. The van der Waals surface area contributed by atoms with E-state index in [1.54, 1.807) is 0 Å². The zero-order chi connectivity index (χ0) is 14.8. The van der Waals surface area contributed by atoms with Crippen molar-refractivity contribution in [1.29, 1.82) is 0 Å². The molecule has 0 aliphatic carbocycles. The number of carbonyl (C=O) groups is 2. The van der Waals surface area contributed by atoms with Crippen molar-refractivity contribution in [2.75, 3.05) is 6.16 Å². The van der Waals surface area contributed by atoms with Crippen molar-refractivity contribution >= 4 is 25.4 Å². The number of hydrogen-bond acceptors (Lipinski definition) is 7. The first-order valence-electron chi connectivity index (χ1n) is 5.44. The van der Waals surface area contributed by atoms with Crippen LogP contribution in [0.1, 0.15) is 19.8 Å². The summed E-state index contributed by atoms with van der Waals surface area (Å²) in [5.74, 6) is -2.92. The van der Waals surface area contributed by atoms with Crippen molar-refractivity contribution in [3.05, 3.63) is 0 Å². The van der Waals surface area contributed by atoms with Crippen molar-refractivity contribution in [2.45, 2.75) is 31.3 Å². The second kappa shape index (κ2) is 9.00. The van der Waals surface area contributed by atoms with Crippen LogP contribution in [0.4, 0.5) is 0 Å². The number of carboxylic acid groups (broad SMARTS) is 2. The van der Waals surface area contributed by atoms with Gasteiger partial charge in [0.15, 0.2) is 11.6 Å². The Hall–Kier alpha value is 0.560. The summed E-state index contributed by atoms with van der Waals surface area (Å²) in [4.78, 5) is 47.0. The van der Waals surface area contributed by atoms with E-state index < -0.39 is 37.3 Å². The van der Waals surface area contributed by atoms with E-state index >= 15 is 0 Å². The number of aliphatic imine (C=N–C) groups is 1. The van der Waals surface area contributed by atoms with E-state index in [0.717, 1.165) is 0 Å². The summed E-state index contributed by atoms with van der Waals surface area (Å²) in [6.07, 6.45) is -1.13. The number of nitrogens with zero attached hydrogens (tertiary/aromatic N) is 1. The van der Waals surface area contributed by atoms with Gasteiger partial charge in [0.25, 0.3) is 0 Å². The second-order valence-electron chi connectivity index (χ2n) is 4.16. The fraction of sp³-hybridized carbons (Fsp3) is 0.667. The molecule has 1 heterocycles. The summed E-state index contributed by atoms with van der Waals surface area (Å²) in [7, 11) is -4.75. The fourth-order valence-electron chi connectivity index (χ4n) is 1.86. The Bertz CT molecular complexity index is 481. The molecular weight excluding hydrogens is 325 g/mol. The van der Waals surface area contributed by atoms with Gasteiger partial charge < -0.3 is 29.9 Å². The van der Waals surface area contributed by atoms with E-state index in [-0.39, 0.29) is 77.8 Å². The molecule has 1 aliphatic rings. The first-order chi connectivity index (χ1) is 8.62. The topological polar surface area (TPSA) is 162 Å². The van der Waals surface area contributed by atoms with Gasteiger partial charge in [0.2, 0.25) is 0 Å². The summed E-state index contributed by atoms with van der Waals surface area (Å²) in [6, 6.07) is -1.55. The largest absolute Gasteiger partial charge is 1.00 e. The molecule has 0 aromatic carbocycles. The molecule has 2 atom stereocenters. The van der Waals surface area contributed by atoms with Gasteiger partial charge in [0.1, 0.15) is 0 Å². The Kier molecular flexibility index (Phi) is 10.2. The normalized spacial score (nSPS) is 24.1. The van der Waals surface area contributed by atoms with Crippen LogP contribution in [0.2, 0.25) is 0 Å². The number of carboxylic acids is 2. The van der Waals surface area contributed by atoms with Crippen molar-refractivity contribution in [2.24, 2.45) is 4.99 Å². The Morgan fingerprint density at radius 2 is 1.90 bits per heavy atom. The van der Waals surface area contributed by atoms with Gasteiger partial charge in [0, 0.05) is 6.42 Å². The summed E-state index contributed by atoms with van der Waals surface area (Å²) >= 11 is 0. The molecule has 12 heteroatoms. The van der Waals surface area contributed by atoms with Crippen molar-refractivity contribution < 1.29 is 93.3 Å². The average Bonchev–Trinajstić information content (AvgIpc) is 2.65. The molecule has 2 unspecified atom stereocenters. The van der Waals surface area contributed by atoms with Gasteiger partial charge >= 0.3 is 71.1 Å². The number of nitrogens with one attached hydrogen (secondary N) is 1. The van der Waals surface area contributed by atoms with Gasteiger partial charge in [0.05, 0.1) is 5.84 Å². The minimum atomic E-state index is -4.75. The van der Waals surface area contributed by atoms with Gasteiger partial charge in [-0.25, -0.2) is 9.59 Å². The van der Waals surface area contributed by atoms with Gasteiger partial charge in [-0.2, -0.15) is 0 Å². The van der Waals surface area contributed by atoms with Crippen LogP contribution in [-0.4, -0.2) is 45.7 Å². The van der Waals surface area contributed by atoms with E-state index in [1.807, 2.05) is 0 Å². The first-order valence-corrected chi connectivity index (χ1v) is 7.17. The molecule has 0 saturated heterocycles. The van der Waals surface area contributed by atoms with Crippen LogP contribution in [-0.2, 0) is 14.2 Å². The Morgan fingerprint density at radius 3 is 2.19 bits per heavy atom. The number of rotatable bonds is 6. The molecule has 0 radical (unpaired) electrons. The maximum absolute atomic E-state index is 11.2. The molecule has 108 valence electrons. The van der Waals surface area contributed by atoms with Crippen LogP contribution < -0.4 is 74.2 Å². The zero-order valence-corrected chi connectivity index (χ0v) is 16.9. The van der Waals surface area contributed by atoms with Crippen molar-refractivity contribution in [3.8, 4) is 0 Å². The van der Waals surface area contributed by atoms with E-state index in [4.69, 9.17) is 10.2 Å². The van der Waals surface area contributed by atoms with Gasteiger partial charge in [-0.3, -0.25) is 4.99 Å². The molecule has 1 rings (SSSR count). The van der Waals surface area contributed by atoms with Crippen LogP contribution in [0.15, 0.2) is 4.99 Å². The van der Waals surface area contributed by atoms with E-state index in [1.165, 1.54) is 6.92 Å². The minimum Gasteiger partial charge on any atom is -0.811 e. The van der Waals surface area contributed by atoms with E-state index in [0.29, 0.717) is 0 Å². The molecule has 21 heavy (non-hydrogen) atoms. The molecular formula is C9H13N2Na2O7P. The van der Waals surface area contributed by atoms with E-state index in [2.05, 4.69) is 10.3 Å². The SMILES string of the molecule is CCC1(C(=O)O)NC(CCP(=O)([O-])[O-])=NC1C(=O)O.[Na+].[Na+]. The van der Waals surface area contributed by atoms with Crippen LogP contribution in [0, 0.1) is 0 Å². The molecule has 0 amide bonds. The number of hydrogen-bond donors (Lipinski definition) is 3. The summed E-state index contributed by atoms with van der Waals surface area (Å²) in [5, 5.41) is 20.6. The average molecular weight is 338 g/mol. The minimum absolute atomic E-state index is 0. The smallest absolute Gasteiger partial charge is 0.811 e. The van der Waals surface area contributed by atoms with Crippen molar-refractivity contribution in [1.82, 2.24) is 5.32 Å². The quantitative estimate of drug-likeness (QED) is 0.318. The first kappa shape index (κ1) is 23.8. The standard InChI is InChI=1S/C9H15N2O7P.2Na/c1-2-9(8(14)15)6(7(12)13)10-5(11-9)3-4-19(16,17)18;;/h6H,2-4H2,1H3,(H,10,11)(H,12,13)(H,14,15)(H2,16,17,18);;/q;2*+1/p-2. The third kappa shape index (κ3) is 5.93. The molecule has 0 spiro atoms. The molecule has 0 fully saturated rings. The van der Waals surface area contributed by atoms with Crippen LogP contribution in [0.5, 0.6) is 0 Å². The molecule has 3 N–H and O–H groups in total. The third-order valence-corrected chi connectivity index (χ3v) is 3.69. The third-order valence-electron chi connectivity index (χ3n) is 2.91. The fourth-order valence-corrected chi connectivity index (χ4v) is 2.35. The Balaban J connectivity index is 0. The van der Waals surface area contributed by atoms with Crippen LogP contribution in [0.25, 0.3) is 0 Å². The molecule has 0 bridgehead atoms. The van der Waals surface area contributed by atoms with Crippen LogP contribution in [0.3, 0.4) is 0 Å². The maximum atomic E-state index is 11.2. The molecule has 0 saturated carbocycles. The Labute approximate surface area is 165 Å². The second-order valence-corrected chi connectivity index (χ2v) is 5.83. The van der Waals surface area contributed by atoms with Gasteiger partial charge in [-0.05, 0) is 12.6 Å². The zero-order valence-electron chi connectivity index (χ0n) is 12.0. The van der Waals surface area contributed by atoms with Crippen LogP contribution >= 0.6 is 7.60 Å². The summed E-state index contributed by atoms with van der Waals surface area (Å²) in [5.41, 5.74) is -1.81. The number of aliphatic carboxylic acids is 2. The summed E-state index contributed by atoms with van der Waals surface area (Å²) in [6.45, 7) is 1.47. The molecule has 1 aliphatic heterocycles. The predicted molar refractivity (Wildman–Crippen MR) is 59.7 cm³/mol. The van der Waals surface area contributed by atoms with E-state index in [9.17, 15) is 23.9 Å².